The van der Waals surface area contributed by atoms with Crippen LogP contribution < -0.4 is 9.64 Å². The molecule has 202 valence electrons. The summed E-state index contributed by atoms with van der Waals surface area (Å²) < 4.78 is 15.6. The molecule has 0 spiro atoms. The molecule has 1 aliphatic heterocycles. The summed E-state index contributed by atoms with van der Waals surface area (Å²) in [5.74, 6) is 1.05. The number of carbonyl (C=O) groups is 1. The summed E-state index contributed by atoms with van der Waals surface area (Å²) in [5, 5.41) is 1.06. The second kappa shape index (κ2) is 10.2. The number of ether oxygens (including phenoxy) is 2. The molecule has 0 amide bonds. The van der Waals surface area contributed by atoms with Crippen molar-refractivity contribution in [2.75, 3.05) is 18.0 Å². The van der Waals surface area contributed by atoms with Gasteiger partial charge in [0, 0.05) is 64.7 Å². The Hall–Kier alpha value is -4.51. The van der Waals surface area contributed by atoms with Gasteiger partial charge in [-0.2, -0.15) is 0 Å². The van der Waals surface area contributed by atoms with E-state index in [-0.39, 0.29) is 5.97 Å². The number of esters is 1. The number of benzene rings is 4. The lowest BCUT2D eigenvalue weighted by atomic mass is 9.78. The first-order chi connectivity index (χ1) is 19.5. The first-order valence-corrected chi connectivity index (χ1v) is 14.1. The Morgan fingerprint density at radius 1 is 0.825 bits per heavy atom. The summed E-state index contributed by atoms with van der Waals surface area (Å²) in [6.45, 7) is 11.1. The molecule has 2 heterocycles. The first-order valence-electron chi connectivity index (χ1n) is 14.1. The fourth-order valence-electron chi connectivity index (χ4n) is 6.31. The molecule has 4 aromatic carbocycles. The zero-order valence-electron chi connectivity index (χ0n) is 23.5. The van der Waals surface area contributed by atoms with Gasteiger partial charge in [-0.3, -0.25) is 0 Å². The van der Waals surface area contributed by atoms with Crippen LogP contribution in [-0.2, 0) is 16.9 Å². The lowest BCUT2D eigenvalue weighted by Crippen LogP contribution is -2.31. The highest BCUT2D eigenvalue weighted by Crippen LogP contribution is 2.54. The van der Waals surface area contributed by atoms with Gasteiger partial charge in [-0.15, -0.1) is 0 Å². The van der Waals surface area contributed by atoms with E-state index >= 15 is 0 Å². The Morgan fingerprint density at radius 2 is 1.52 bits per heavy atom. The van der Waals surface area contributed by atoms with Crippen LogP contribution in [0.25, 0.3) is 10.9 Å². The van der Waals surface area contributed by atoms with Crippen molar-refractivity contribution in [2.24, 2.45) is 0 Å². The molecule has 5 heteroatoms. The van der Waals surface area contributed by atoms with E-state index in [9.17, 15) is 4.79 Å². The Bertz CT molecular complexity index is 1700. The zero-order chi connectivity index (χ0) is 27.9. The molecule has 40 heavy (non-hydrogen) atoms. The molecule has 0 N–H and O–H groups in total. The van der Waals surface area contributed by atoms with Gasteiger partial charge in [0.15, 0.2) is 5.60 Å². The number of nitrogens with zero attached hydrogens (tertiary/aromatic N) is 2. The van der Waals surface area contributed by atoms with Crippen LogP contribution in [0.1, 0.15) is 53.5 Å². The second-order valence-corrected chi connectivity index (χ2v) is 10.1. The Balaban J connectivity index is 1.72. The van der Waals surface area contributed by atoms with Gasteiger partial charge in [0.1, 0.15) is 11.5 Å². The molecule has 1 unspecified atom stereocenters. The van der Waals surface area contributed by atoms with Gasteiger partial charge >= 0.3 is 5.97 Å². The molecular formula is C35H34N2O3. The quantitative estimate of drug-likeness (QED) is 0.190. The molecular weight excluding hydrogens is 496 g/mol. The maximum Gasteiger partial charge on any atom is 0.340 e. The van der Waals surface area contributed by atoms with Crippen molar-refractivity contribution in [3.8, 4) is 11.5 Å². The number of anilines is 1. The van der Waals surface area contributed by atoms with Crippen molar-refractivity contribution in [1.82, 2.24) is 4.57 Å². The van der Waals surface area contributed by atoms with Crippen molar-refractivity contribution < 1.29 is 14.3 Å². The smallest absolute Gasteiger partial charge is 0.340 e. The highest BCUT2D eigenvalue weighted by Gasteiger charge is 2.52. The minimum atomic E-state index is -1.19. The van der Waals surface area contributed by atoms with E-state index in [0.29, 0.717) is 11.3 Å². The average molecular weight is 531 g/mol. The average Bonchev–Trinajstić information content (AvgIpc) is 3.45. The molecule has 5 nitrogen and oxygen atoms in total. The third-order valence-electron chi connectivity index (χ3n) is 8.12. The van der Waals surface area contributed by atoms with E-state index in [0.717, 1.165) is 64.4 Å². The van der Waals surface area contributed by atoms with Crippen LogP contribution >= 0.6 is 0 Å². The lowest BCUT2D eigenvalue weighted by Gasteiger charge is -2.33. The Morgan fingerprint density at radius 3 is 2.27 bits per heavy atom. The molecule has 5 aromatic rings. The van der Waals surface area contributed by atoms with E-state index in [4.69, 9.17) is 9.47 Å². The van der Waals surface area contributed by atoms with Crippen molar-refractivity contribution in [1.29, 1.82) is 0 Å². The second-order valence-electron chi connectivity index (χ2n) is 10.1. The van der Waals surface area contributed by atoms with Crippen molar-refractivity contribution in [3.63, 3.8) is 0 Å². The topological polar surface area (TPSA) is 43.7 Å². The first kappa shape index (κ1) is 25.8. The Kier molecular flexibility index (Phi) is 6.59. The van der Waals surface area contributed by atoms with E-state index in [2.05, 4.69) is 73.6 Å². The van der Waals surface area contributed by atoms with Crippen LogP contribution in [0.3, 0.4) is 0 Å². The third-order valence-corrected chi connectivity index (χ3v) is 8.12. The molecule has 0 fully saturated rings. The summed E-state index contributed by atoms with van der Waals surface area (Å²) in [5.41, 5.74) is 5.21. The van der Waals surface area contributed by atoms with Gasteiger partial charge in [-0.1, -0.05) is 54.6 Å². The van der Waals surface area contributed by atoms with Crippen LogP contribution in [0, 0.1) is 6.92 Å². The molecule has 0 radical (unpaired) electrons. The maximum atomic E-state index is 13.6. The number of para-hydroxylation sites is 2. The highest BCUT2D eigenvalue weighted by molar-refractivity contribution is 5.99. The number of fused-ring (bicyclic) bond motifs is 2. The highest BCUT2D eigenvalue weighted by atomic mass is 16.6. The number of aryl methyl sites for hydroxylation is 1. The van der Waals surface area contributed by atoms with Crippen molar-refractivity contribution in [3.05, 3.63) is 125 Å². The summed E-state index contributed by atoms with van der Waals surface area (Å²) >= 11 is 0. The standard InChI is InChI=1S/C35H34N2O3/c1-5-36(6-2)25-21-22-30(32(23-25)39-26-15-9-8-10-16-26)35(29-19-13-11-17-27(29)34(38)40-35)33-24(4)37(7-3)31-20-14-12-18-28(31)33/h8-23H,5-7H2,1-4H3. The number of hydrogen-bond donors (Lipinski definition) is 0. The number of carbonyl (C=O) groups excluding carboxylic acids is 1. The summed E-state index contributed by atoms with van der Waals surface area (Å²) in [6.07, 6.45) is 0. The monoisotopic (exact) mass is 530 g/mol. The SMILES string of the molecule is CCN(CC)c1ccc(C2(c3c(C)n(CC)c4ccccc34)OC(=O)c3ccccc32)c(Oc2ccccc2)c1. The normalized spacial score (nSPS) is 16.1. The molecule has 0 saturated heterocycles. The predicted octanol–water partition coefficient (Wildman–Crippen LogP) is 8.07. The van der Waals surface area contributed by atoms with Crippen LogP contribution in [-0.4, -0.2) is 23.6 Å². The molecule has 0 aliphatic carbocycles. The van der Waals surface area contributed by atoms with Crippen LogP contribution in [0.4, 0.5) is 5.69 Å². The van der Waals surface area contributed by atoms with Gasteiger partial charge in [-0.25, -0.2) is 4.79 Å². The summed E-state index contributed by atoms with van der Waals surface area (Å²) in [6, 6.07) is 32.2. The summed E-state index contributed by atoms with van der Waals surface area (Å²) in [4.78, 5) is 15.9. The maximum absolute atomic E-state index is 13.6. The number of cyclic esters (lactones) is 1. The fraction of sp³-hybridized carbons (Fsp3) is 0.229. The molecule has 1 aliphatic rings. The van der Waals surface area contributed by atoms with Gasteiger partial charge in [0.25, 0.3) is 0 Å². The molecule has 0 saturated carbocycles. The minimum Gasteiger partial charge on any atom is -0.457 e. The lowest BCUT2D eigenvalue weighted by molar-refractivity contribution is 0.0248. The summed E-state index contributed by atoms with van der Waals surface area (Å²) in [7, 11) is 0. The van der Waals surface area contributed by atoms with Crippen molar-refractivity contribution in [2.45, 2.75) is 39.8 Å². The van der Waals surface area contributed by atoms with Gasteiger partial charge in [-0.05, 0) is 64.1 Å². The van der Waals surface area contributed by atoms with Crippen LogP contribution in [0.5, 0.6) is 11.5 Å². The third kappa shape index (κ3) is 3.88. The van der Waals surface area contributed by atoms with Gasteiger partial charge in [0.2, 0.25) is 0 Å². The molecule has 1 aromatic heterocycles. The molecule has 6 rings (SSSR count). The minimum absolute atomic E-state index is 0.332. The van der Waals surface area contributed by atoms with E-state index in [1.165, 1.54) is 0 Å². The van der Waals surface area contributed by atoms with Crippen LogP contribution in [0.15, 0.2) is 97.1 Å². The predicted molar refractivity (Wildman–Crippen MR) is 161 cm³/mol. The number of aromatic nitrogens is 1. The van der Waals surface area contributed by atoms with Gasteiger partial charge in [0.05, 0.1) is 5.56 Å². The number of hydrogen-bond acceptors (Lipinski definition) is 4. The van der Waals surface area contributed by atoms with E-state index in [1.54, 1.807) is 0 Å². The van der Waals surface area contributed by atoms with Crippen LogP contribution in [0.2, 0.25) is 0 Å². The fourth-order valence-corrected chi connectivity index (χ4v) is 6.31. The molecule has 1 atom stereocenters. The van der Waals surface area contributed by atoms with Crippen molar-refractivity contribution >= 4 is 22.6 Å². The van der Waals surface area contributed by atoms with E-state index < -0.39 is 5.60 Å². The number of rotatable bonds is 8. The van der Waals surface area contributed by atoms with Gasteiger partial charge < -0.3 is 18.9 Å². The zero-order valence-corrected chi connectivity index (χ0v) is 23.5. The van der Waals surface area contributed by atoms with E-state index in [1.807, 2.05) is 60.7 Å². The molecule has 0 bridgehead atoms. The largest absolute Gasteiger partial charge is 0.457 e. The Labute approximate surface area is 235 Å².